The summed E-state index contributed by atoms with van der Waals surface area (Å²) in [5.41, 5.74) is 4.67. The number of ether oxygens (including phenoxy) is 1. The van der Waals surface area contributed by atoms with Crippen molar-refractivity contribution >= 4 is 11.0 Å². The number of phenols is 1. The number of H-pyrrole nitrogens is 2. The first-order chi connectivity index (χ1) is 17.0. The molecular formula is C28H31N3O4. The number of aliphatic hydroxyl groups is 1. The maximum atomic E-state index is 11.7. The molecule has 0 radical (unpaired) electrons. The highest BCUT2D eigenvalue weighted by Crippen LogP contribution is 2.28. The summed E-state index contributed by atoms with van der Waals surface area (Å²) < 4.78 is 5.93. The second-order valence-corrected chi connectivity index (χ2v) is 9.34. The van der Waals surface area contributed by atoms with Crippen LogP contribution in [0.3, 0.4) is 0 Å². The van der Waals surface area contributed by atoms with Gasteiger partial charge in [0.15, 0.2) is 0 Å². The molecule has 1 heterocycles. The second-order valence-electron chi connectivity index (χ2n) is 9.34. The van der Waals surface area contributed by atoms with E-state index in [4.69, 9.17) is 4.74 Å². The first-order valence-corrected chi connectivity index (χ1v) is 12.2. The van der Waals surface area contributed by atoms with Gasteiger partial charge < -0.3 is 24.9 Å². The fourth-order valence-corrected chi connectivity index (χ4v) is 5.06. The SMILES string of the molecule is O=c1[nH]c2cccc(OCC(O)CN(Cc3ccccc3)C3CCCc4cc(O)ccc4C3)c2[nH]1. The third-order valence-electron chi connectivity index (χ3n) is 6.76. The van der Waals surface area contributed by atoms with Crippen LogP contribution >= 0.6 is 0 Å². The molecule has 7 heteroatoms. The Kier molecular flexibility index (Phi) is 6.88. The summed E-state index contributed by atoms with van der Waals surface area (Å²) in [6.07, 6.45) is 3.16. The van der Waals surface area contributed by atoms with Crippen LogP contribution in [0.15, 0.2) is 71.5 Å². The zero-order chi connectivity index (χ0) is 24.2. The van der Waals surface area contributed by atoms with Crippen molar-refractivity contribution in [3.05, 3.63) is 93.9 Å². The van der Waals surface area contributed by atoms with Gasteiger partial charge in [-0.05, 0) is 66.6 Å². The maximum Gasteiger partial charge on any atom is 0.323 e. The lowest BCUT2D eigenvalue weighted by molar-refractivity contribution is 0.0466. The molecule has 5 rings (SSSR count). The molecule has 1 aromatic heterocycles. The second kappa shape index (κ2) is 10.4. The van der Waals surface area contributed by atoms with Crippen molar-refractivity contribution in [2.75, 3.05) is 13.2 Å². The minimum absolute atomic E-state index is 0.120. The van der Waals surface area contributed by atoms with Gasteiger partial charge in [0.25, 0.3) is 0 Å². The molecule has 0 spiro atoms. The van der Waals surface area contributed by atoms with Crippen LogP contribution < -0.4 is 10.4 Å². The molecule has 0 saturated carbocycles. The summed E-state index contributed by atoms with van der Waals surface area (Å²) in [6.45, 7) is 1.32. The van der Waals surface area contributed by atoms with E-state index in [9.17, 15) is 15.0 Å². The highest BCUT2D eigenvalue weighted by Gasteiger charge is 2.25. The predicted octanol–water partition coefficient (Wildman–Crippen LogP) is 3.75. The number of aromatic nitrogens is 2. The lowest BCUT2D eigenvalue weighted by atomic mass is 10.00. The average molecular weight is 474 g/mol. The molecule has 1 aliphatic rings. The molecular weight excluding hydrogens is 442 g/mol. The minimum atomic E-state index is -0.706. The van der Waals surface area contributed by atoms with Crippen LogP contribution in [-0.4, -0.2) is 50.4 Å². The van der Waals surface area contributed by atoms with E-state index in [-0.39, 0.29) is 18.3 Å². The van der Waals surface area contributed by atoms with Crippen molar-refractivity contribution in [1.82, 2.24) is 14.9 Å². The van der Waals surface area contributed by atoms with Gasteiger partial charge in [-0.3, -0.25) is 4.90 Å². The molecule has 4 N–H and O–H groups in total. The third-order valence-corrected chi connectivity index (χ3v) is 6.76. The number of benzene rings is 3. The molecule has 7 nitrogen and oxygen atoms in total. The van der Waals surface area contributed by atoms with Crippen LogP contribution in [0.4, 0.5) is 0 Å². The van der Waals surface area contributed by atoms with E-state index < -0.39 is 6.10 Å². The standard InChI is InChI=1S/C28H31N3O4/c32-23-13-12-21-14-22(9-4-8-20(21)15-23)31(16-19-6-2-1-3-7-19)17-24(33)18-35-26-11-5-10-25-27(26)30-28(34)29-25/h1-3,5-7,10-13,15,22,24,32-33H,4,8-9,14,16-18H2,(H2,29,30,34). The molecule has 1 aliphatic carbocycles. The smallest absolute Gasteiger partial charge is 0.323 e. The number of aromatic amines is 2. The summed E-state index contributed by atoms with van der Waals surface area (Å²) in [5.74, 6) is 0.854. The van der Waals surface area contributed by atoms with Crippen molar-refractivity contribution in [3.8, 4) is 11.5 Å². The monoisotopic (exact) mass is 473 g/mol. The zero-order valence-electron chi connectivity index (χ0n) is 19.6. The highest BCUT2D eigenvalue weighted by molar-refractivity contribution is 5.80. The molecule has 2 atom stereocenters. The van der Waals surface area contributed by atoms with E-state index in [0.717, 1.165) is 32.2 Å². The Balaban J connectivity index is 1.32. The Bertz CT molecular complexity index is 1330. The van der Waals surface area contributed by atoms with Crippen LogP contribution in [-0.2, 0) is 19.4 Å². The van der Waals surface area contributed by atoms with Crippen molar-refractivity contribution < 1.29 is 14.9 Å². The zero-order valence-corrected chi connectivity index (χ0v) is 19.6. The molecule has 0 aliphatic heterocycles. The number of hydrogen-bond acceptors (Lipinski definition) is 5. The summed E-state index contributed by atoms with van der Waals surface area (Å²) in [5, 5.41) is 20.9. The van der Waals surface area contributed by atoms with Crippen LogP contribution in [0.25, 0.3) is 11.0 Å². The summed E-state index contributed by atoms with van der Waals surface area (Å²) in [7, 11) is 0. The lowest BCUT2D eigenvalue weighted by Crippen LogP contribution is -2.42. The minimum Gasteiger partial charge on any atom is -0.508 e. The van der Waals surface area contributed by atoms with E-state index in [1.807, 2.05) is 42.5 Å². The van der Waals surface area contributed by atoms with Crippen molar-refractivity contribution in [2.24, 2.45) is 0 Å². The predicted molar refractivity (Wildman–Crippen MR) is 136 cm³/mol. The van der Waals surface area contributed by atoms with Gasteiger partial charge in [0.1, 0.15) is 29.7 Å². The number of aliphatic hydroxyl groups excluding tert-OH is 1. The quantitative estimate of drug-likeness (QED) is 0.292. The van der Waals surface area contributed by atoms with Crippen LogP contribution in [0.2, 0.25) is 0 Å². The van der Waals surface area contributed by atoms with Crippen LogP contribution in [0, 0.1) is 0 Å². The molecule has 0 bridgehead atoms. The van der Waals surface area contributed by atoms with E-state index in [1.54, 1.807) is 12.1 Å². The number of para-hydroxylation sites is 1. The number of aromatic hydroxyl groups is 1. The summed E-state index contributed by atoms with van der Waals surface area (Å²) in [6, 6.07) is 21.7. The van der Waals surface area contributed by atoms with E-state index in [0.29, 0.717) is 29.1 Å². The number of phenolic OH excluding ortho intramolecular Hbond substituents is 1. The summed E-state index contributed by atoms with van der Waals surface area (Å²) >= 11 is 0. The first kappa shape index (κ1) is 23.2. The van der Waals surface area contributed by atoms with Gasteiger partial charge in [-0.15, -0.1) is 0 Å². The number of rotatable bonds is 8. The molecule has 3 aromatic carbocycles. The molecule has 35 heavy (non-hydrogen) atoms. The summed E-state index contributed by atoms with van der Waals surface area (Å²) in [4.78, 5) is 19.5. The molecule has 4 aromatic rings. The number of nitrogens with one attached hydrogen (secondary N) is 2. The Morgan fingerprint density at radius 2 is 1.89 bits per heavy atom. The Labute approximate surface area is 204 Å². The molecule has 182 valence electrons. The average Bonchev–Trinajstić information content (AvgIpc) is 3.11. The van der Waals surface area contributed by atoms with Crippen LogP contribution in [0.1, 0.15) is 29.5 Å². The molecule has 0 fully saturated rings. The van der Waals surface area contributed by atoms with E-state index in [1.165, 1.54) is 16.7 Å². The topological polar surface area (TPSA) is 102 Å². The van der Waals surface area contributed by atoms with Gasteiger partial charge in [-0.2, -0.15) is 0 Å². The van der Waals surface area contributed by atoms with Gasteiger partial charge in [0.2, 0.25) is 0 Å². The number of imidazole rings is 1. The van der Waals surface area contributed by atoms with Crippen molar-refractivity contribution in [2.45, 2.75) is 44.4 Å². The largest absolute Gasteiger partial charge is 0.508 e. The number of hydrogen-bond donors (Lipinski definition) is 4. The Hall–Kier alpha value is -3.55. The first-order valence-electron chi connectivity index (χ1n) is 12.2. The normalized spacial score (nSPS) is 16.7. The number of aryl methyl sites for hydroxylation is 1. The Morgan fingerprint density at radius 3 is 2.74 bits per heavy atom. The Morgan fingerprint density at radius 1 is 1.03 bits per heavy atom. The highest BCUT2D eigenvalue weighted by atomic mass is 16.5. The molecule has 0 saturated heterocycles. The van der Waals surface area contributed by atoms with Gasteiger partial charge in [-0.25, -0.2) is 4.79 Å². The van der Waals surface area contributed by atoms with Crippen molar-refractivity contribution in [3.63, 3.8) is 0 Å². The number of nitrogens with zero attached hydrogens (tertiary/aromatic N) is 1. The van der Waals surface area contributed by atoms with Gasteiger partial charge >= 0.3 is 5.69 Å². The van der Waals surface area contributed by atoms with E-state index in [2.05, 4.69) is 27.0 Å². The van der Waals surface area contributed by atoms with Crippen molar-refractivity contribution in [1.29, 1.82) is 0 Å². The molecule has 0 amide bonds. The van der Waals surface area contributed by atoms with Gasteiger partial charge in [0, 0.05) is 19.1 Å². The fraction of sp³-hybridized carbons (Fsp3) is 0.321. The maximum absolute atomic E-state index is 11.7. The lowest BCUT2D eigenvalue weighted by Gasteiger charge is -2.33. The van der Waals surface area contributed by atoms with E-state index >= 15 is 0 Å². The van der Waals surface area contributed by atoms with Gasteiger partial charge in [0.05, 0.1) is 5.52 Å². The fourth-order valence-electron chi connectivity index (χ4n) is 5.06. The van der Waals surface area contributed by atoms with Crippen LogP contribution in [0.5, 0.6) is 11.5 Å². The third kappa shape index (κ3) is 5.58. The molecule has 2 unspecified atom stereocenters. The van der Waals surface area contributed by atoms with Gasteiger partial charge in [-0.1, -0.05) is 42.5 Å². The number of fused-ring (bicyclic) bond motifs is 2.